The lowest BCUT2D eigenvalue weighted by Crippen LogP contribution is -2.42. The number of anilines is 2. The van der Waals surface area contributed by atoms with Crippen molar-refractivity contribution in [2.75, 3.05) is 36.4 Å². The summed E-state index contributed by atoms with van der Waals surface area (Å²) in [5.41, 5.74) is 2.18. The molecular weight excluding hydrogens is 473 g/mol. The number of carbonyl (C=O) groups excluding carboxylic acids is 3. The third kappa shape index (κ3) is 6.80. The van der Waals surface area contributed by atoms with Gasteiger partial charge in [0.05, 0.1) is 0 Å². The molecule has 0 unspecified atom stereocenters. The van der Waals surface area contributed by atoms with Gasteiger partial charge in [-0.05, 0) is 86.6 Å². The Morgan fingerprint density at radius 2 is 1.62 bits per heavy atom. The van der Waals surface area contributed by atoms with Gasteiger partial charge in [0.1, 0.15) is 11.6 Å². The first-order valence-electron chi connectivity index (χ1n) is 12.3. The molecule has 1 aliphatic heterocycles. The number of carbonyl (C=O) groups is 3. The Hall–Kier alpha value is -4.04. The second-order valence-electron chi connectivity index (χ2n) is 9.22. The summed E-state index contributed by atoms with van der Waals surface area (Å²) in [4.78, 5) is 41.4. The van der Waals surface area contributed by atoms with E-state index >= 15 is 0 Å². The molecule has 1 aliphatic rings. The molecule has 7 nitrogen and oxygen atoms in total. The molecule has 3 aromatic carbocycles. The van der Waals surface area contributed by atoms with E-state index in [1.165, 1.54) is 31.2 Å². The van der Waals surface area contributed by atoms with E-state index in [9.17, 15) is 23.9 Å². The molecule has 2 N–H and O–H groups in total. The van der Waals surface area contributed by atoms with Crippen LogP contribution >= 0.6 is 0 Å². The van der Waals surface area contributed by atoms with Crippen LogP contribution in [0.4, 0.5) is 15.8 Å². The van der Waals surface area contributed by atoms with Crippen molar-refractivity contribution >= 4 is 29.0 Å². The molecule has 1 saturated heterocycles. The Morgan fingerprint density at radius 1 is 0.973 bits per heavy atom. The van der Waals surface area contributed by atoms with Crippen molar-refractivity contribution in [1.82, 2.24) is 4.90 Å². The van der Waals surface area contributed by atoms with Gasteiger partial charge in [0.25, 0.3) is 5.91 Å². The van der Waals surface area contributed by atoms with Gasteiger partial charge < -0.3 is 20.2 Å². The summed E-state index contributed by atoms with van der Waals surface area (Å²) in [7, 11) is 0. The van der Waals surface area contributed by atoms with Crippen LogP contribution in [0.15, 0.2) is 72.8 Å². The lowest BCUT2D eigenvalue weighted by Gasteiger charge is -2.33. The second-order valence-corrected chi connectivity index (χ2v) is 9.22. The van der Waals surface area contributed by atoms with Gasteiger partial charge in [-0.1, -0.05) is 6.07 Å². The van der Waals surface area contributed by atoms with E-state index in [2.05, 4.69) is 10.2 Å². The number of nitrogens with one attached hydrogen (secondary N) is 1. The predicted molar refractivity (Wildman–Crippen MR) is 140 cm³/mol. The first-order valence-corrected chi connectivity index (χ1v) is 12.3. The van der Waals surface area contributed by atoms with E-state index in [-0.39, 0.29) is 35.1 Å². The van der Waals surface area contributed by atoms with Crippen LogP contribution in [-0.2, 0) is 4.79 Å². The van der Waals surface area contributed by atoms with Gasteiger partial charge in [-0.2, -0.15) is 0 Å². The zero-order chi connectivity index (χ0) is 26.4. The van der Waals surface area contributed by atoms with E-state index in [0.717, 1.165) is 0 Å². The van der Waals surface area contributed by atoms with Crippen molar-refractivity contribution in [1.29, 1.82) is 0 Å². The van der Waals surface area contributed by atoms with Crippen LogP contribution in [0.25, 0.3) is 0 Å². The summed E-state index contributed by atoms with van der Waals surface area (Å²) < 4.78 is 13.2. The van der Waals surface area contributed by atoms with Crippen molar-refractivity contribution < 1.29 is 23.9 Å². The number of ketones is 1. The number of rotatable bonds is 8. The molecule has 0 saturated carbocycles. The monoisotopic (exact) mass is 503 g/mol. The average molecular weight is 504 g/mol. The molecule has 192 valence electrons. The van der Waals surface area contributed by atoms with Gasteiger partial charge in [0, 0.05) is 54.5 Å². The lowest BCUT2D eigenvalue weighted by atomic mass is 9.89. The number of hydrogen-bond donors (Lipinski definition) is 2. The molecule has 0 bridgehead atoms. The van der Waals surface area contributed by atoms with E-state index < -0.39 is 0 Å². The maximum atomic E-state index is 13.5. The molecule has 0 aliphatic carbocycles. The summed E-state index contributed by atoms with van der Waals surface area (Å²) in [6.45, 7) is 3.84. The number of phenols is 1. The zero-order valence-electron chi connectivity index (χ0n) is 20.7. The lowest BCUT2D eigenvalue weighted by molar-refractivity contribution is -0.114. The normalized spacial score (nSPS) is 14.2. The van der Waals surface area contributed by atoms with Gasteiger partial charge in [-0.3, -0.25) is 14.4 Å². The Bertz CT molecular complexity index is 1250. The fraction of sp³-hybridized carbons (Fsp3) is 0.276. The van der Waals surface area contributed by atoms with Crippen LogP contribution < -0.4 is 10.2 Å². The number of phenolic OH excluding ortho intramolecular Hbond substituents is 1. The Morgan fingerprint density at radius 3 is 2.24 bits per heavy atom. The first-order chi connectivity index (χ1) is 17.8. The molecule has 0 radical (unpaired) electrons. The van der Waals surface area contributed by atoms with Gasteiger partial charge >= 0.3 is 0 Å². The highest BCUT2D eigenvalue weighted by Gasteiger charge is 2.27. The van der Waals surface area contributed by atoms with Crippen molar-refractivity contribution in [2.45, 2.75) is 19.8 Å². The molecule has 0 atom stereocenters. The number of piperidine rings is 1. The topological polar surface area (TPSA) is 90.0 Å². The van der Waals surface area contributed by atoms with Crippen LogP contribution in [-0.4, -0.2) is 53.8 Å². The number of likely N-dealkylation sites (tertiary alicyclic amines) is 1. The molecule has 1 fully saturated rings. The minimum absolute atomic E-state index is 0.0407. The highest BCUT2D eigenvalue weighted by Crippen LogP contribution is 2.25. The van der Waals surface area contributed by atoms with Crippen molar-refractivity contribution in [2.24, 2.45) is 5.92 Å². The van der Waals surface area contributed by atoms with Crippen molar-refractivity contribution in [3.05, 3.63) is 89.7 Å². The largest absolute Gasteiger partial charge is 0.508 e. The maximum absolute atomic E-state index is 13.5. The Kier molecular flexibility index (Phi) is 8.30. The van der Waals surface area contributed by atoms with Crippen LogP contribution in [0.1, 0.15) is 40.5 Å². The predicted octanol–water partition coefficient (Wildman–Crippen LogP) is 4.73. The van der Waals surface area contributed by atoms with E-state index in [1.54, 1.807) is 53.4 Å². The molecule has 2 amide bonds. The van der Waals surface area contributed by atoms with Gasteiger partial charge in [-0.25, -0.2) is 4.39 Å². The van der Waals surface area contributed by atoms with Gasteiger partial charge in [0.15, 0.2) is 5.78 Å². The highest BCUT2D eigenvalue weighted by molar-refractivity contribution is 6.06. The summed E-state index contributed by atoms with van der Waals surface area (Å²) in [6, 6.07) is 18.9. The quantitative estimate of drug-likeness (QED) is 0.434. The maximum Gasteiger partial charge on any atom is 0.258 e. The minimum atomic E-state index is -0.360. The summed E-state index contributed by atoms with van der Waals surface area (Å²) >= 11 is 0. The van der Waals surface area contributed by atoms with Crippen LogP contribution in [0.3, 0.4) is 0 Å². The molecule has 0 spiro atoms. The average Bonchev–Trinajstić information content (AvgIpc) is 2.89. The fourth-order valence-electron chi connectivity index (χ4n) is 4.57. The number of hydrogen-bond acceptors (Lipinski definition) is 5. The van der Waals surface area contributed by atoms with Crippen LogP contribution in [0.5, 0.6) is 5.75 Å². The van der Waals surface area contributed by atoms with Crippen LogP contribution in [0.2, 0.25) is 0 Å². The number of Topliss-reactive ketones (excluding diaryl/α,β-unsaturated/α-hetero) is 1. The SMILES string of the molecule is CC(=O)Nc1ccc(C(=O)N(CCN2CCC(C(=O)c3ccc(F)cc3)CC2)c2cccc(O)c2)cc1. The number of nitrogens with zero attached hydrogens (tertiary/aromatic N) is 2. The number of aromatic hydroxyl groups is 1. The molecule has 0 aromatic heterocycles. The molecule has 37 heavy (non-hydrogen) atoms. The van der Waals surface area contributed by atoms with Crippen molar-refractivity contribution in [3.8, 4) is 5.75 Å². The van der Waals surface area contributed by atoms with Crippen molar-refractivity contribution in [3.63, 3.8) is 0 Å². The van der Waals surface area contributed by atoms with E-state index in [4.69, 9.17) is 0 Å². The van der Waals surface area contributed by atoms with Crippen LogP contribution in [0, 0.1) is 11.7 Å². The minimum Gasteiger partial charge on any atom is -0.508 e. The number of amides is 2. The third-order valence-electron chi connectivity index (χ3n) is 6.57. The first kappa shape index (κ1) is 26.0. The molecule has 4 rings (SSSR count). The number of halogens is 1. The zero-order valence-corrected chi connectivity index (χ0v) is 20.7. The van der Waals surface area contributed by atoms with E-state index in [0.29, 0.717) is 61.5 Å². The summed E-state index contributed by atoms with van der Waals surface area (Å²) in [5, 5.41) is 12.7. The standard InChI is InChI=1S/C29H30FN3O4/c1-20(34)31-25-11-7-23(8-12-25)29(37)33(26-3-2-4-27(35)19-26)18-17-32-15-13-22(14-16-32)28(36)21-5-9-24(30)10-6-21/h2-12,19,22,35H,13-18H2,1H3,(H,31,34). The summed E-state index contributed by atoms with van der Waals surface area (Å²) in [5.74, 6) is -0.770. The van der Waals surface area contributed by atoms with E-state index in [1.807, 2.05) is 0 Å². The second kappa shape index (κ2) is 11.8. The Labute approximate surface area is 215 Å². The Balaban J connectivity index is 1.40. The van der Waals surface area contributed by atoms with Gasteiger partial charge in [-0.15, -0.1) is 0 Å². The third-order valence-corrected chi connectivity index (χ3v) is 6.57. The number of benzene rings is 3. The van der Waals surface area contributed by atoms with Gasteiger partial charge in [0.2, 0.25) is 5.91 Å². The molecule has 1 heterocycles. The molecule has 3 aromatic rings. The highest BCUT2D eigenvalue weighted by atomic mass is 19.1. The molecular formula is C29H30FN3O4. The fourth-order valence-corrected chi connectivity index (χ4v) is 4.57. The smallest absolute Gasteiger partial charge is 0.258 e. The molecule has 8 heteroatoms. The summed E-state index contributed by atoms with van der Waals surface area (Å²) in [6.07, 6.45) is 1.39.